The molecule has 0 spiro atoms. The van der Waals surface area contributed by atoms with Gasteiger partial charge < -0.3 is 5.32 Å². The van der Waals surface area contributed by atoms with Gasteiger partial charge in [0, 0.05) is 5.69 Å². The van der Waals surface area contributed by atoms with E-state index in [-0.39, 0.29) is 11.6 Å². The van der Waals surface area contributed by atoms with E-state index in [2.05, 4.69) is 26.3 Å². The van der Waals surface area contributed by atoms with Crippen molar-refractivity contribution in [2.24, 2.45) is 0 Å². The fourth-order valence-electron chi connectivity index (χ4n) is 2.68. The second-order valence-corrected chi connectivity index (χ2v) is 5.31. The molecular formula is C16H19FN4. The molecule has 2 heterocycles. The Kier molecular flexibility index (Phi) is 4.08. The van der Waals surface area contributed by atoms with Crippen LogP contribution in [0, 0.1) is 5.82 Å². The van der Waals surface area contributed by atoms with Gasteiger partial charge in [-0.3, -0.25) is 4.98 Å². The minimum absolute atomic E-state index is 0.251. The van der Waals surface area contributed by atoms with E-state index in [4.69, 9.17) is 0 Å². The van der Waals surface area contributed by atoms with Crippen molar-refractivity contribution in [1.29, 1.82) is 0 Å². The fourth-order valence-corrected chi connectivity index (χ4v) is 2.68. The Morgan fingerprint density at radius 3 is 2.90 bits per heavy atom. The first-order valence-corrected chi connectivity index (χ1v) is 7.49. The standard InChI is InChI=1S/C16H19FN4/c1-2-13-15(17)16(20-10-19-13)18-9-12-8-7-11-5-3-4-6-14(11)21-12/h7-8,10H,2-6,9H2,1H3,(H,18,19,20). The summed E-state index contributed by atoms with van der Waals surface area (Å²) in [6.45, 7) is 2.35. The molecule has 0 saturated carbocycles. The van der Waals surface area contributed by atoms with Gasteiger partial charge in [-0.25, -0.2) is 14.4 Å². The van der Waals surface area contributed by atoms with E-state index in [0.717, 1.165) is 18.5 Å². The van der Waals surface area contributed by atoms with Crippen LogP contribution in [0.5, 0.6) is 0 Å². The van der Waals surface area contributed by atoms with Crippen LogP contribution in [0.25, 0.3) is 0 Å². The summed E-state index contributed by atoms with van der Waals surface area (Å²) in [7, 11) is 0. The molecule has 0 amide bonds. The predicted octanol–water partition coefficient (Wildman–Crippen LogP) is 3.06. The number of anilines is 1. The van der Waals surface area contributed by atoms with E-state index in [1.807, 2.05) is 13.0 Å². The van der Waals surface area contributed by atoms with Gasteiger partial charge in [-0.05, 0) is 43.7 Å². The Balaban J connectivity index is 1.73. The van der Waals surface area contributed by atoms with Crippen LogP contribution in [-0.2, 0) is 25.8 Å². The van der Waals surface area contributed by atoms with Gasteiger partial charge in [-0.2, -0.15) is 0 Å². The lowest BCUT2D eigenvalue weighted by Gasteiger charge is -2.15. The average molecular weight is 286 g/mol. The van der Waals surface area contributed by atoms with E-state index in [0.29, 0.717) is 18.7 Å². The molecule has 1 aliphatic rings. The molecule has 0 aromatic carbocycles. The average Bonchev–Trinajstić information content (AvgIpc) is 2.54. The molecule has 1 N–H and O–H groups in total. The van der Waals surface area contributed by atoms with Crippen LogP contribution in [0.4, 0.5) is 10.2 Å². The molecule has 0 fully saturated rings. The quantitative estimate of drug-likeness (QED) is 0.938. The number of halogens is 1. The molecule has 21 heavy (non-hydrogen) atoms. The van der Waals surface area contributed by atoms with E-state index in [9.17, 15) is 4.39 Å². The largest absolute Gasteiger partial charge is 0.362 e. The first kappa shape index (κ1) is 13.9. The maximum absolute atomic E-state index is 14.0. The minimum Gasteiger partial charge on any atom is -0.362 e. The summed E-state index contributed by atoms with van der Waals surface area (Å²) in [5, 5.41) is 3.02. The van der Waals surface area contributed by atoms with Crippen molar-refractivity contribution in [3.8, 4) is 0 Å². The lowest BCUT2D eigenvalue weighted by molar-refractivity contribution is 0.596. The van der Waals surface area contributed by atoms with Crippen molar-refractivity contribution in [2.45, 2.75) is 45.6 Å². The van der Waals surface area contributed by atoms with E-state index in [1.54, 1.807) is 0 Å². The Hall–Kier alpha value is -2.04. The van der Waals surface area contributed by atoms with Gasteiger partial charge >= 0.3 is 0 Å². The molecule has 0 saturated heterocycles. The molecule has 3 rings (SSSR count). The van der Waals surface area contributed by atoms with Crippen LogP contribution in [0.1, 0.15) is 42.4 Å². The molecule has 0 bridgehead atoms. The topological polar surface area (TPSA) is 50.7 Å². The highest BCUT2D eigenvalue weighted by atomic mass is 19.1. The highest BCUT2D eigenvalue weighted by molar-refractivity contribution is 5.38. The third-order valence-corrected chi connectivity index (χ3v) is 3.87. The molecule has 2 aromatic rings. The summed E-state index contributed by atoms with van der Waals surface area (Å²) in [6.07, 6.45) is 6.57. The van der Waals surface area contributed by atoms with E-state index >= 15 is 0 Å². The Labute approximate surface area is 123 Å². The van der Waals surface area contributed by atoms with Crippen LogP contribution in [-0.4, -0.2) is 15.0 Å². The zero-order chi connectivity index (χ0) is 14.7. The Morgan fingerprint density at radius 2 is 2.05 bits per heavy atom. The molecule has 4 nitrogen and oxygen atoms in total. The van der Waals surface area contributed by atoms with Crippen LogP contribution < -0.4 is 5.32 Å². The van der Waals surface area contributed by atoms with Gasteiger partial charge in [0.2, 0.25) is 0 Å². The zero-order valence-electron chi connectivity index (χ0n) is 12.2. The molecule has 0 aliphatic heterocycles. The highest BCUT2D eigenvalue weighted by Crippen LogP contribution is 2.20. The molecule has 0 atom stereocenters. The molecule has 0 unspecified atom stereocenters. The molecule has 0 radical (unpaired) electrons. The van der Waals surface area contributed by atoms with Gasteiger partial charge in [0.1, 0.15) is 6.33 Å². The molecule has 1 aliphatic carbocycles. The molecule has 2 aromatic heterocycles. The normalized spacial score (nSPS) is 13.8. The molecule has 110 valence electrons. The van der Waals surface area contributed by atoms with Crippen molar-refractivity contribution < 1.29 is 4.39 Å². The Morgan fingerprint density at radius 1 is 1.19 bits per heavy atom. The van der Waals surface area contributed by atoms with Gasteiger partial charge in [-0.1, -0.05) is 13.0 Å². The predicted molar refractivity (Wildman–Crippen MR) is 79.6 cm³/mol. The number of hydrogen-bond donors (Lipinski definition) is 1. The number of pyridine rings is 1. The second kappa shape index (κ2) is 6.16. The SMILES string of the molecule is CCc1ncnc(NCc2ccc3c(n2)CCCC3)c1F. The third-order valence-electron chi connectivity index (χ3n) is 3.87. The Bertz CT molecular complexity index is 642. The van der Waals surface area contributed by atoms with Crippen molar-refractivity contribution in [3.63, 3.8) is 0 Å². The van der Waals surface area contributed by atoms with E-state index < -0.39 is 0 Å². The number of rotatable bonds is 4. The fraction of sp³-hybridized carbons (Fsp3) is 0.438. The number of fused-ring (bicyclic) bond motifs is 1. The number of hydrogen-bond acceptors (Lipinski definition) is 4. The second-order valence-electron chi connectivity index (χ2n) is 5.31. The van der Waals surface area contributed by atoms with Crippen LogP contribution >= 0.6 is 0 Å². The monoisotopic (exact) mass is 286 g/mol. The number of aromatic nitrogens is 3. The number of nitrogens with one attached hydrogen (secondary N) is 1. The van der Waals surface area contributed by atoms with E-state index in [1.165, 1.54) is 30.4 Å². The first-order valence-electron chi connectivity index (χ1n) is 7.49. The van der Waals surface area contributed by atoms with Crippen molar-refractivity contribution in [2.75, 3.05) is 5.32 Å². The lowest BCUT2D eigenvalue weighted by atomic mass is 9.96. The first-order chi connectivity index (χ1) is 10.3. The summed E-state index contributed by atoms with van der Waals surface area (Å²) in [4.78, 5) is 12.6. The van der Waals surface area contributed by atoms with Gasteiger partial charge in [0.15, 0.2) is 11.6 Å². The summed E-state index contributed by atoms with van der Waals surface area (Å²) in [5.41, 5.74) is 3.90. The maximum atomic E-state index is 14.0. The maximum Gasteiger partial charge on any atom is 0.186 e. The van der Waals surface area contributed by atoms with Crippen LogP contribution in [0.3, 0.4) is 0 Å². The smallest absolute Gasteiger partial charge is 0.186 e. The molecular weight excluding hydrogens is 267 g/mol. The summed E-state index contributed by atoms with van der Waals surface area (Å²) >= 11 is 0. The number of nitrogens with zero attached hydrogens (tertiary/aromatic N) is 3. The number of aryl methyl sites for hydroxylation is 3. The highest BCUT2D eigenvalue weighted by Gasteiger charge is 2.12. The summed E-state index contributed by atoms with van der Waals surface area (Å²) < 4.78 is 14.0. The third kappa shape index (κ3) is 3.01. The van der Waals surface area contributed by atoms with Gasteiger partial charge in [0.25, 0.3) is 0 Å². The van der Waals surface area contributed by atoms with Gasteiger partial charge in [0.05, 0.1) is 17.9 Å². The molecule has 5 heteroatoms. The van der Waals surface area contributed by atoms with Crippen molar-refractivity contribution >= 4 is 5.82 Å². The van der Waals surface area contributed by atoms with Crippen molar-refractivity contribution in [1.82, 2.24) is 15.0 Å². The van der Waals surface area contributed by atoms with Gasteiger partial charge in [-0.15, -0.1) is 0 Å². The minimum atomic E-state index is -0.363. The lowest BCUT2D eigenvalue weighted by Crippen LogP contribution is -2.11. The zero-order valence-corrected chi connectivity index (χ0v) is 12.2. The summed E-state index contributed by atoms with van der Waals surface area (Å²) in [5.74, 6) is -0.112. The van der Waals surface area contributed by atoms with Crippen molar-refractivity contribution in [3.05, 3.63) is 46.9 Å². The van der Waals surface area contributed by atoms with Crippen LogP contribution in [0.15, 0.2) is 18.5 Å². The summed E-state index contributed by atoms with van der Waals surface area (Å²) in [6, 6.07) is 4.16. The van der Waals surface area contributed by atoms with Crippen LogP contribution in [0.2, 0.25) is 0 Å².